The van der Waals surface area contributed by atoms with Gasteiger partial charge in [-0.1, -0.05) is 6.07 Å². The first-order valence-corrected chi connectivity index (χ1v) is 7.88. The van der Waals surface area contributed by atoms with Gasteiger partial charge in [-0.05, 0) is 18.2 Å². The Balaban J connectivity index is 1.61. The van der Waals surface area contributed by atoms with Crippen LogP contribution in [-0.4, -0.2) is 64.6 Å². The Morgan fingerprint density at radius 3 is 2.64 bits per heavy atom. The van der Waals surface area contributed by atoms with Gasteiger partial charge < -0.3 is 19.6 Å². The fraction of sp³-hybridized carbons (Fsp3) is 0.294. The third-order valence-corrected chi connectivity index (χ3v) is 3.88. The molecule has 0 radical (unpaired) electrons. The van der Waals surface area contributed by atoms with Crippen LogP contribution in [0.3, 0.4) is 0 Å². The van der Waals surface area contributed by atoms with E-state index < -0.39 is 12.6 Å². The number of aliphatic carboxylic acids is 1. The van der Waals surface area contributed by atoms with Gasteiger partial charge in [0.1, 0.15) is 11.6 Å². The Morgan fingerprint density at radius 2 is 1.96 bits per heavy atom. The van der Waals surface area contributed by atoms with Gasteiger partial charge in [0, 0.05) is 44.1 Å². The van der Waals surface area contributed by atoms with Gasteiger partial charge in [0.05, 0.1) is 6.20 Å². The molecule has 8 nitrogen and oxygen atoms in total. The lowest BCUT2D eigenvalue weighted by Crippen LogP contribution is -2.49. The Morgan fingerprint density at radius 1 is 1.16 bits per heavy atom. The quantitative estimate of drug-likeness (QED) is 0.862. The summed E-state index contributed by atoms with van der Waals surface area (Å²) in [5.41, 5.74) is 0.482. The number of hydrogen-bond donors (Lipinski definition) is 1. The van der Waals surface area contributed by atoms with Crippen molar-refractivity contribution in [3.8, 4) is 5.75 Å². The lowest BCUT2D eigenvalue weighted by Gasteiger charge is -2.35. The topological polar surface area (TPSA) is 95.9 Å². The van der Waals surface area contributed by atoms with E-state index in [-0.39, 0.29) is 5.91 Å². The Kier molecular flexibility index (Phi) is 5.08. The molecule has 25 heavy (non-hydrogen) atoms. The standard InChI is InChI=1S/C17H18N4O4/c22-16(23)12-25-14-3-1-2-13(10-14)17(24)21-8-6-20(7-9-21)15-11-18-4-5-19-15/h1-5,10-11H,6-9,12H2,(H,22,23). The molecule has 8 heteroatoms. The van der Waals surface area contributed by atoms with Crippen molar-refractivity contribution in [2.45, 2.75) is 0 Å². The predicted molar refractivity (Wildman–Crippen MR) is 89.7 cm³/mol. The van der Waals surface area contributed by atoms with Gasteiger partial charge in [0.25, 0.3) is 5.91 Å². The highest BCUT2D eigenvalue weighted by Gasteiger charge is 2.23. The van der Waals surface area contributed by atoms with Crippen molar-refractivity contribution in [1.29, 1.82) is 0 Å². The van der Waals surface area contributed by atoms with Crippen molar-refractivity contribution in [2.24, 2.45) is 0 Å². The van der Waals surface area contributed by atoms with Gasteiger partial charge in [-0.15, -0.1) is 0 Å². The van der Waals surface area contributed by atoms with E-state index in [1.165, 1.54) is 0 Å². The molecule has 2 aromatic rings. The van der Waals surface area contributed by atoms with E-state index in [4.69, 9.17) is 9.84 Å². The zero-order valence-electron chi connectivity index (χ0n) is 13.5. The third-order valence-electron chi connectivity index (χ3n) is 3.88. The summed E-state index contributed by atoms with van der Waals surface area (Å²) in [6, 6.07) is 6.58. The maximum Gasteiger partial charge on any atom is 0.341 e. The molecule has 1 aliphatic heterocycles. The molecule has 1 aliphatic rings. The van der Waals surface area contributed by atoms with Crippen LogP contribution in [-0.2, 0) is 4.79 Å². The fourth-order valence-corrected chi connectivity index (χ4v) is 2.64. The minimum Gasteiger partial charge on any atom is -0.482 e. The number of ether oxygens (including phenoxy) is 1. The number of benzene rings is 1. The van der Waals surface area contributed by atoms with Gasteiger partial charge in [0.15, 0.2) is 6.61 Å². The van der Waals surface area contributed by atoms with E-state index in [0.29, 0.717) is 37.5 Å². The van der Waals surface area contributed by atoms with Crippen LogP contribution in [0.25, 0.3) is 0 Å². The second-order valence-corrected chi connectivity index (χ2v) is 5.55. The molecule has 1 saturated heterocycles. The summed E-state index contributed by atoms with van der Waals surface area (Å²) in [6.07, 6.45) is 4.99. The molecule has 0 atom stereocenters. The van der Waals surface area contributed by atoms with E-state index in [2.05, 4.69) is 14.9 Å². The second kappa shape index (κ2) is 7.61. The first kappa shape index (κ1) is 16.7. The summed E-state index contributed by atoms with van der Waals surface area (Å²) < 4.78 is 5.13. The number of piperazine rings is 1. The summed E-state index contributed by atoms with van der Waals surface area (Å²) >= 11 is 0. The van der Waals surface area contributed by atoms with E-state index in [1.807, 2.05) is 0 Å². The summed E-state index contributed by atoms with van der Waals surface area (Å²) in [4.78, 5) is 35.4. The van der Waals surface area contributed by atoms with Crippen molar-refractivity contribution in [3.05, 3.63) is 48.4 Å². The van der Waals surface area contributed by atoms with Crippen LogP contribution in [0.5, 0.6) is 5.75 Å². The van der Waals surface area contributed by atoms with Gasteiger partial charge in [-0.25, -0.2) is 9.78 Å². The second-order valence-electron chi connectivity index (χ2n) is 5.55. The maximum atomic E-state index is 12.6. The predicted octanol–water partition coefficient (Wildman–Crippen LogP) is 0.902. The number of carboxylic acid groups (broad SMARTS) is 1. The number of anilines is 1. The summed E-state index contributed by atoms with van der Waals surface area (Å²) in [7, 11) is 0. The largest absolute Gasteiger partial charge is 0.482 e. The Bertz CT molecular complexity index is 745. The SMILES string of the molecule is O=C(O)COc1cccc(C(=O)N2CCN(c3cnccn3)CC2)c1. The molecule has 1 fully saturated rings. The first-order valence-electron chi connectivity index (χ1n) is 7.88. The van der Waals surface area contributed by atoms with Gasteiger partial charge in [0.2, 0.25) is 0 Å². The molecule has 1 aromatic carbocycles. The van der Waals surface area contributed by atoms with E-state index in [9.17, 15) is 9.59 Å². The number of aromatic nitrogens is 2. The average Bonchev–Trinajstić information content (AvgIpc) is 2.67. The number of nitrogens with zero attached hydrogens (tertiary/aromatic N) is 4. The normalized spacial score (nSPS) is 14.2. The zero-order chi connectivity index (χ0) is 17.6. The number of hydrogen-bond acceptors (Lipinski definition) is 6. The molecule has 0 bridgehead atoms. The molecule has 1 N–H and O–H groups in total. The number of carbonyl (C=O) groups is 2. The molecule has 1 amide bonds. The number of carbonyl (C=O) groups excluding carboxylic acids is 1. The van der Waals surface area contributed by atoms with Gasteiger partial charge >= 0.3 is 5.97 Å². The molecule has 130 valence electrons. The highest BCUT2D eigenvalue weighted by atomic mass is 16.5. The number of rotatable bonds is 5. The van der Waals surface area contributed by atoms with Crippen molar-refractivity contribution < 1.29 is 19.4 Å². The highest BCUT2D eigenvalue weighted by molar-refractivity contribution is 5.94. The molecule has 0 unspecified atom stereocenters. The molecule has 0 saturated carbocycles. The molecule has 0 aliphatic carbocycles. The average molecular weight is 342 g/mol. The lowest BCUT2D eigenvalue weighted by atomic mass is 10.1. The van der Waals surface area contributed by atoms with Gasteiger partial charge in [-0.3, -0.25) is 9.78 Å². The van der Waals surface area contributed by atoms with E-state index in [1.54, 1.807) is 47.8 Å². The number of amides is 1. The zero-order valence-corrected chi connectivity index (χ0v) is 13.5. The number of carboxylic acids is 1. The van der Waals surface area contributed by atoms with Crippen LogP contribution in [0.1, 0.15) is 10.4 Å². The van der Waals surface area contributed by atoms with E-state index >= 15 is 0 Å². The third kappa shape index (κ3) is 4.23. The van der Waals surface area contributed by atoms with Crippen LogP contribution >= 0.6 is 0 Å². The molecule has 0 spiro atoms. The molecular weight excluding hydrogens is 324 g/mol. The molecular formula is C17H18N4O4. The minimum absolute atomic E-state index is 0.0976. The lowest BCUT2D eigenvalue weighted by molar-refractivity contribution is -0.139. The summed E-state index contributed by atoms with van der Waals surface area (Å²) in [6.45, 7) is 2.08. The minimum atomic E-state index is -1.06. The summed E-state index contributed by atoms with van der Waals surface area (Å²) in [5.74, 6) is 0.0153. The first-order chi connectivity index (χ1) is 12.1. The van der Waals surface area contributed by atoms with Gasteiger partial charge in [-0.2, -0.15) is 0 Å². The van der Waals surface area contributed by atoms with Crippen LogP contribution in [0.15, 0.2) is 42.9 Å². The van der Waals surface area contributed by atoms with E-state index in [0.717, 1.165) is 5.82 Å². The monoisotopic (exact) mass is 342 g/mol. The van der Waals surface area contributed by atoms with Crippen LogP contribution < -0.4 is 9.64 Å². The molecule has 1 aromatic heterocycles. The Hall–Kier alpha value is -3.16. The molecule has 2 heterocycles. The van der Waals surface area contributed by atoms with Crippen LogP contribution in [0.2, 0.25) is 0 Å². The van der Waals surface area contributed by atoms with Crippen molar-refractivity contribution in [1.82, 2.24) is 14.9 Å². The Labute approximate surface area is 144 Å². The summed E-state index contributed by atoms with van der Waals surface area (Å²) in [5, 5.41) is 8.66. The smallest absolute Gasteiger partial charge is 0.341 e. The fourth-order valence-electron chi connectivity index (χ4n) is 2.64. The van der Waals surface area contributed by atoms with Crippen LogP contribution in [0.4, 0.5) is 5.82 Å². The van der Waals surface area contributed by atoms with Crippen molar-refractivity contribution in [3.63, 3.8) is 0 Å². The molecule has 3 rings (SSSR count). The highest BCUT2D eigenvalue weighted by Crippen LogP contribution is 2.17. The van der Waals surface area contributed by atoms with Crippen LogP contribution in [0, 0.1) is 0 Å². The maximum absolute atomic E-state index is 12.6. The van der Waals surface area contributed by atoms with Crippen molar-refractivity contribution in [2.75, 3.05) is 37.7 Å². The van der Waals surface area contributed by atoms with Crippen molar-refractivity contribution >= 4 is 17.7 Å².